The summed E-state index contributed by atoms with van der Waals surface area (Å²) >= 11 is 0. The van der Waals surface area contributed by atoms with Crippen LogP contribution < -0.4 is 5.32 Å². The molecule has 0 aromatic rings. The van der Waals surface area contributed by atoms with Gasteiger partial charge in [-0.2, -0.15) is 0 Å². The third-order valence-corrected chi connectivity index (χ3v) is 3.80. The number of piperazine rings is 1. The molecule has 3 heteroatoms. The van der Waals surface area contributed by atoms with Crippen molar-refractivity contribution in [2.24, 2.45) is 0 Å². The van der Waals surface area contributed by atoms with Gasteiger partial charge in [0.25, 0.3) is 0 Å². The lowest BCUT2D eigenvalue weighted by molar-refractivity contribution is 0.0340. The van der Waals surface area contributed by atoms with Gasteiger partial charge in [0.2, 0.25) is 0 Å². The van der Waals surface area contributed by atoms with Crippen LogP contribution in [0.15, 0.2) is 50.6 Å². The van der Waals surface area contributed by atoms with Gasteiger partial charge in [0.15, 0.2) is 0 Å². The highest BCUT2D eigenvalue weighted by Gasteiger charge is 2.43. The Morgan fingerprint density at radius 1 is 1.05 bits per heavy atom. The lowest BCUT2D eigenvalue weighted by atomic mass is 9.78. The molecule has 1 rings (SSSR count). The molecule has 1 saturated heterocycles. The van der Waals surface area contributed by atoms with Gasteiger partial charge in [-0.1, -0.05) is 24.3 Å². The Bertz CT molecular complexity index is 282. The third-order valence-electron chi connectivity index (χ3n) is 3.80. The van der Waals surface area contributed by atoms with E-state index in [2.05, 4.69) is 36.5 Å². The summed E-state index contributed by atoms with van der Waals surface area (Å²) in [6.45, 7) is 18.6. The van der Waals surface area contributed by atoms with Crippen LogP contribution >= 0.6 is 12.4 Å². The van der Waals surface area contributed by atoms with Crippen molar-refractivity contribution in [1.82, 2.24) is 10.2 Å². The van der Waals surface area contributed by atoms with Gasteiger partial charge in [0, 0.05) is 31.2 Å². The topological polar surface area (TPSA) is 15.3 Å². The van der Waals surface area contributed by atoms with Crippen molar-refractivity contribution >= 4 is 12.4 Å². The first kappa shape index (κ1) is 18.2. The minimum Gasteiger partial charge on any atom is -0.311 e. The number of hydrogen-bond acceptors (Lipinski definition) is 2. The quantitative estimate of drug-likeness (QED) is 0.687. The van der Waals surface area contributed by atoms with E-state index in [-0.39, 0.29) is 17.9 Å². The number of hydrogen-bond donors (Lipinski definition) is 1. The zero-order valence-electron chi connectivity index (χ0n) is 11.8. The number of halogens is 1. The van der Waals surface area contributed by atoms with E-state index in [4.69, 9.17) is 0 Å². The van der Waals surface area contributed by atoms with Crippen LogP contribution in [0.1, 0.15) is 19.3 Å². The highest BCUT2D eigenvalue weighted by Crippen LogP contribution is 2.33. The highest BCUT2D eigenvalue weighted by atomic mass is 35.5. The summed E-state index contributed by atoms with van der Waals surface area (Å²) in [5, 5.41) is 3.63. The molecule has 0 radical (unpaired) electrons. The van der Waals surface area contributed by atoms with Crippen LogP contribution in [-0.4, -0.2) is 36.1 Å². The third kappa shape index (κ3) is 4.07. The number of nitrogens with zero attached hydrogens (tertiary/aromatic N) is 1. The van der Waals surface area contributed by atoms with Crippen LogP contribution in [0.5, 0.6) is 0 Å². The standard InChI is InChI=1S/C16H26N2.ClH/c1-5-9-15-16(10-6-2,11-7-3)18(13-8-4)14-12-17-15;/h5-8,15,17H,1-4,9-14H2;1H. The van der Waals surface area contributed by atoms with E-state index < -0.39 is 0 Å². The number of rotatable bonds is 8. The molecule has 1 aliphatic rings. The van der Waals surface area contributed by atoms with Gasteiger partial charge in [-0.25, -0.2) is 0 Å². The van der Waals surface area contributed by atoms with Gasteiger partial charge in [-0.3, -0.25) is 4.90 Å². The molecule has 0 amide bonds. The molecular formula is C16H27ClN2. The summed E-state index contributed by atoms with van der Waals surface area (Å²) in [4.78, 5) is 2.51. The van der Waals surface area contributed by atoms with Crippen LogP contribution in [-0.2, 0) is 0 Å². The Kier molecular flexibility index (Phi) is 8.73. The summed E-state index contributed by atoms with van der Waals surface area (Å²) in [5.74, 6) is 0. The maximum atomic E-state index is 3.93. The molecule has 0 aromatic carbocycles. The maximum Gasteiger partial charge on any atom is 0.0437 e. The second kappa shape index (κ2) is 9.13. The fourth-order valence-electron chi connectivity index (χ4n) is 3.03. The zero-order chi connectivity index (χ0) is 13.4. The molecule has 1 aliphatic heterocycles. The van der Waals surface area contributed by atoms with Crippen molar-refractivity contribution in [2.75, 3.05) is 19.6 Å². The van der Waals surface area contributed by atoms with Gasteiger partial charge in [-0.15, -0.1) is 38.7 Å². The first-order valence-corrected chi connectivity index (χ1v) is 6.67. The SMILES string of the molecule is C=CCC1NCCN(CC=C)C1(CC=C)CC=C.Cl. The van der Waals surface area contributed by atoms with E-state index in [0.29, 0.717) is 6.04 Å². The van der Waals surface area contributed by atoms with Gasteiger partial charge in [0.1, 0.15) is 0 Å². The van der Waals surface area contributed by atoms with Crippen molar-refractivity contribution in [3.8, 4) is 0 Å². The van der Waals surface area contributed by atoms with Crippen molar-refractivity contribution in [3.63, 3.8) is 0 Å². The Hall–Kier alpha value is -0.830. The molecule has 19 heavy (non-hydrogen) atoms. The minimum absolute atomic E-state index is 0. The van der Waals surface area contributed by atoms with Crippen LogP contribution in [0.2, 0.25) is 0 Å². The molecule has 2 nitrogen and oxygen atoms in total. The molecule has 0 aliphatic carbocycles. The Morgan fingerprint density at radius 2 is 1.68 bits per heavy atom. The minimum atomic E-state index is 0. The van der Waals surface area contributed by atoms with Gasteiger partial charge < -0.3 is 5.32 Å². The molecule has 0 saturated carbocycles. The molecule has 0 bridgehead atoms. The highest BCUT2D eigenvalue weighted by molar-refractivity contribution is 5.85. The number of nitrogens with one attached hydrogen (secondary N) is 1. The van der Waals surface area contributed by atoms with Crippen LogP contribution in [0.3, 0.4) is 0 Å². The summed E-state index contributed by atoms with van der Waals surface area (Å²) < 4.78 is 0. The second-order valence-corrected chi connectivity index (χ2v) is 4.85. The van der Waals surface area contributed by atoms with Crippen LogP contribution in [0.25, 0.3) is 0 Å². The summed E-state index contributed by atoms with van der Waals surface area (Å²) in [6.07, 6.45) is 10.9. The molecule has 0 aromatic heterocycles. The predicted molar refractivity (Wildman–Crippen MR) is 88.0 cm³/mol. The lowest BCUT2D eigenvalue weighted by Crippen LogP contribution is -2.66. The smallest absolute Gasteiger partial charge is 0.0437 e. The average Bonchev–Trinajstić information content (AvgIpc) is 2.35. The van der Waals surface area contributed by atoms with Crippen molar-refractivity contribution in [2.45, 2.75) is 30.8 Å². The van der Waals surface area contributed by atoms with Gasteiger partial charge in [0.05, 0.1) is 0 Å². The fourth-order valence-corrected chi connectivity index (χ4v) is 3.03. The zero-order valence-corrected chi connectivity index (χ0v) is 12.6. The van der Waals surface area contributed by atoms with E-state index in [1.54, 1.807) is 0 Å². The average molecular weight is 283 g/mol. The predicted octanol–water partition coefficient (Wildman–Crippen LogP) is 3.34. The molecule has 1 heterocycles. The van der Waals surface area contributed by atoms with Crippen molar-refractivity contribution in [3.05, 3.63) is 50.6 Å². The van der Waals surface area contributed by atoms with E-state index in [1.165, 1.54) is 0 Å². The molecule has 1 atom stereocenters. The van der Waals surface area contributed by atoms with E-state index in [1.807, 2.05) is 24.3 Å². The van der Waals surface area contributed by atoms with E-state index in [9.17, 15) is 0 Å². The van der Waals surface area contributed by atoms with Gasteiger partial charge in [-0.05, 0) is 19.3 Å². The molecule has 1 unspecified atom stereocenters. The Labute approximate surface area is 124 Å². The Balaban J connectivity index is 0.00000324. The first-order chi connectivity index (χ1) is 8.75. The summed E-state index contributed by atoms with van der Waals surface area (Å²) in [5.41, 5.74) is 0.0597. The molecular weight excluding hydrogens is 256 g/mol. The van der Waals surface area contributed by atoms with Crippen LogP contribution in [0.4, 0.5) is 0 Å². The summed E-state index contributed by atoms with van der Waals surface area (Å²) in [7, 11) is 0. The second-order valence-electron chi connectivity index (χ2n) is 4.85. The Morgan fingerprint density at radius 3 is 2.16 bits per heavy atom. The molecule has 1 N–H and O–H groups in total. The lowest BCUT2D eigenvalue weighted by Gasteiger charge is -2.52. The normalized spacial score (nSPS) is 22.0. The van der Waals surface area contributed by atoms with Crippen molar-refractivity contribution < 1.29 is 0 Å². The monoisotopic (exact) mass is 282 g/mol. The molecule has 108 valence electrons. The molecule has 1 fully saturated rings. The van der Waals surface area contributed by atoms with Crippen molar-refractivity contribution in [1.29, 1.82) is 0 Å². The van der Waals surface area contributed by atoms with Gasteiger partial charge >= 0.3 is 0 Å². The summed E-state index contributed by atoms with van der Waals surface area (Å²) in [6, 6.07) is 0.403. The van der Waals surface area contributed by atoms with E-state index in [0.717, 1.165) is 38.9 Å². The van der Waals surface area contributed by atoms with E-state index >= 15 is 0 Å². The first-order valence-electron chi connectivity index (χ1n) is 6.67. The largest absolute Gasteiger partial charge is 0.311 e. The molecule has 0 spiro atoms. The maximum absolute atomic E-state index is 3.93. The fraction of sp³-hybridized carbons (Fsp3) is 0.500. The van der Waals surface area contributed by atoms with Crippen LogP contribution in [0, 0.1) is 0 Å².